The van der Waals surface area contributed by atoms with E-state index in [2.05, 4.69) is 22.4 Å². The molecule has 3 nitrogen and oxygen atoms in total. The Morgan fingerprint density at radius 3 is 3.00 bits per heavy atom. The second kappa shape index (κ2) is 5.37. The number of ether oxygens (including phenoxy) is 1. The molecule has 0 aromatic carbocycles. The van der Waals surface area contributed by atoms with Crippen molar-refractivity contribution in [2.24, 2.45) is 0 Å². The molecule has 1 N–H and O–H groups in total. The van der Waals surface area contributed by atoms with Gasteiger partial charge in [0.05, 0.1) is 0 Å². The van der Waals surface area contributed by atoms with Gasteiger partial charge >= 0.3 is 0 Å². The van der Waals surface area contributed by atoms with E-state index in [1.54, 1.807) is 0 Å². The van der Waals surface area contributed by atoms with Crippen LogP contribution in [0.1, 0.15) is 12.8 Å². The second-order valence-electron chi connectivity index (χ2n) is 3.56. The zero-order valence-electron chi connectivity index (χ0n) is 8.90. The zero-order valence-corrected chi connectivity index (χ0v) is 9.72. The molecule has 1 aromatic heterocycles. The second-order valence-corrected chi connectivity index (χ2v) is 4.93. The maximum absolute atomic E-state index is 5.34. The van der Waals surface area contributed by atoms with Gasteiger partial charge in [-0.1, -0.05) is 0 Å². The van der Waals surface area contributed by atoms with E-state index in [0.29, 0.717) is 5.25 Å². The number of rotatable bonds is 3. The summed E-state index contributed by atoms with van der Waals surface area (Å²) in [7, 11) is 1.89. The fourth-order valence-electron chi connectivity index (χ4n) is 1.61. The first-order chi connectivity index (χ1) is 7.38. The van der Waals surface area contributed by atoms with Crippen LogP contribution in [-0.4, -0.2) is 30.5 Å². The normalized spacial score (nSPS) is 17.7. The molecule has 0 radical (unpaired) electrons. The lowest BCUT2D eigenvalue weighted by Gasteiger charge is -2.21. The summed E-state index contributed by atoms with van der Waals surface area (Å²) < 4.78 is 5.34. The third-order valence-corrected chi connectivity index (χ3v) is 3.79. The van der Waals surface area contributed by atoms with Crippen LogP contribution in [0, 0.1) is 0 Å². The Morgan fingerprint density at radius 1 is 1.47 bits per heavy atom. The smallest absolute Gasteiger partial charge is 0.126 e. The molecule has 1 aliphatic rings. The number of anilines is 1. The summed E-state index contributed by atoms with van der Waals surface area (Å²) in [6, 6.07) is 4.17. The highest BCUT2D eigenvalue weighted by Crippen LogP contribution is 2.30. The van der Waals surface area contributed by atoms with Crippen molar-refractivity contribution in [2.45, 2.75) is 23.0 Å². The van der Waals surface area contributed by atoms with Crippen LogP contribution in [0.15, 0.2) is 23.2 Å². The maximum Gasteiger partial charge on any atom is 0.126 e. The minimum absolute atomic E-state index is 0.700. The highest BCUT2D eigenvalue weighted by atomic mass is 32.2. The van der Waals surface area contributed by atoms with E-state index in [1.165, 1.54) is 4.90 Å². The third-order valence-electron chi connectivity index (χ3n) is 2.46. The van der Waals surface area contributed by atoms with Crippen molar-refractivity contribution in [1.29, 1.82) is 0 Å². The summed E-state index contributed by atoms with van der Waals surface area (Å²) in [5.74, 6) is 0.937. The number of pyridine rings is 1. The van der Waals surface area contributed by atoms with E-state index >= 15 is 0 Å². The molecule has 0 bridgehead atoms. The standard InChI is InChI=1S/C11H16N2OS/c1-12-11-8-10(2-5-13-11)15-9-3-6-14-7-4-9/h2,5,8-9H,3-4,6-7H2,1H3,(H,12,13). The van der Waals surface area contributed by atoms with Crippen molar-refractivity contribution in [1.82, 2.24) is 4.98 Å². The molecule has 0 amide bonds. The highest BCUT2D eigenvalue weighted by molar-refractivity contribution is 8.00. The van der Waals surface area contributed by atoms with Gasteiger partial charge in [0.15, 0.2) is 0 Å². The Kier molecular flexibility index (Phi) is 3.86. The van der Waals surface area contributed by atoms with E-state index in [1.807, 2.05) is 25.0 Å². The van der Waals surface area contributed by atoms with Gasteiger partial charge in [0.25, 0.3) is 0 Å². The first-order valence-electron chi connectivity index (χ1n) is 5.26. The molecule has 1 aliphatic heterocycles. The first-order valence-corrected chi connectivity index (χ1v) is 6.14. The Bertz CT molecular complexity index is 313. The first kappa shape index (κ1) is 10.8. The molecule has 0 unspecified atom stereocenters. The largest absolute Gasteiger partial charge is 0.381 e. The van der Waals surface area contributed by atoms with Gasteiger partial charge in [0.1, 0.15) is 5.82 Å². The average Bonchev–Trinajstić information content (AvgIpc) is 2.31. The lowest BCUT2D eigenvalue weighted by molar-refractivity contribution is 0.100. The van der Waals surface area contributed by atoms with E-state index in [9.17, 15) is 0 Å². The number of hydrogen-bond acceptors (Lipinski definition) is 4. The highest BCUT2D eigenvalue weighted by Gasteiger charge is 2.14. The fraction of sp³-hybridized carbons (Fsp3) is 0.545. The SMILES string of the molecule is CNc1cc(SC2CCOCC2)ccn1. The molecule has 1 saturated heterocycles. The Labute approximate surface area is 94.6 Å². The number of hydrogen-bond donors (Lipinski definition) is 1. The van der Waals surface area contributed by atoms with Crippen molar-refractivity contribution in [3.8, 4) is 0 Å². The van der Waals surface area contributed by atoms with Crippen LogP contribution in [-0.2, 0) is 4.74 Å². The molecular weight excluding hydrogens is 208 g/mol. The lowest BCUT2D eigenvalue weighted by Crippen LogP contribution is -2.17. The Morgan fingerprint density at radius 2 is 2.27 bits per heavy atom. The molecule has 0 atom stereocenters. The van der Waals surface area contributed by atoms with Gasteiger partial charge in [-0.25, -0.2) is 4.98 Å². The number of nitrogens with zero attached hydrogens (tertiary/aromatic N) is 1. The molecule has 2 heterocycles. The van der Waals surface area contributed by atoms with Crippen LogP contribution in [0.3, 0.4) is 0 Å². The summed E-state index contributed by atoms with van der Waals surface area (Å²) in [6.07, 6.45) is 4.16. The molecule has 1 fully saturated rings. The van der Waals surface area contributed by atoms with Crippen LogP contribution >= 0.6 is 11.8 Å². The van der Waals surface area contributed by atoms with E-state index in [0.717, 1.165) is 31.9 Å². The van der Waals surface area contributed by atoms with Gasteiger partial charge < -0.3 is 10.1 Å². The summed E-state index contributed by atoms with van der Waals surface area (Å²) >= 11 is 1.93. The summed E-state index contributed by atoms with van der Waals surface area (Å²) in [4.78, 5) is 5.49. The monoisotopic (exact) mass is 224 g/mol. The van der Waals surface area contributed by atoms with Gasteiger partial charge in [0.2, 0.25) is 0 Å². The van der Waals surface area contributed by atoms with Crippen molar-refractivity contribution in [3.63, 3.8) is 0 Å². The van der Waals surface area contributed by atoms with E-state index in [-0.39, 0.29) is 0 Å². The zero-order chi connectivity index (χ0) is 10.5. The van der Waals surface area contributed by atoms with Crippen molar-refractivity contribution in [3.05, 3.63) is 18.3 Å². The van der Waals surface area contributed by atoms with Gasteiger partial charge in [-0.3, -0.25) is 0 Å². The molecular formula is C11H16N2OS. The van der Waals surface area contributed by atoms with Crippen LogP contribution in [0.25, 0.3) is 0 Å². The van der Waals surface area contributed by atoms with Crippen LogP contribution in [0.5, 0.6) is 0 Å². The Balaban J connectivity index is 1.96. The van der Waals surface area contributed by atoms with E-state index in [4.69, 9.17) is 4.74 Å². The third kappa shape index (κ3) is 3.11. The van der Waals surface area contributed by atoms with Gasteiger partial charge in [-0.2, -0.15) is 0 Å². The molecule has 0 saturated carbocycles. The van der Waals surface area contributed by atoms with Gasteiger partial charge in [0, 0.05) is 36.6 Å². The minimum atomic E-state index is 0.700. The quantitative estimate of drug-likeness (QED) is 0.855. The predicted molar refractivity (Wildman–Crippen MR) is 63.5 cm³/mol. The molecule has 4 heteroatoms. The molecule has 2 rings (SSSR count). The van der Waals surface area contributed by atoms with Crippen molar-refractivity contribution < 1.29 is 4.74 Å². The fourth-order valence-corrected chi connectivity index (χ4v) is 2.74. The number of thioether (sulfide) groups is 1. The number of aromatic nitrogens is 1. The average molecular weight is 224 g/mol. The van der Waals surface area contributed by atoms with Gasteiger partial charge in [-0.15, -0.1) is 11.8 Å². The van der Waals surface area contributed by atoms with Crippen LogP contribution < -0.4 is 5.32 Å². The number of nitrogens with one attached hydrogen (secondary N) is 1. The van der Waals surface area contributed by atoms with Crippen molar-refractivity contribution >= 4 is 17.6 Å². The van der Waals surface area contributed by atoms with E-state index < -0.39 is 0 Å². The Hall–Kier alpha value is -0.740. The van der Waals surface area contributed by atoms with Crippen molar-refractivity contribution in [2.75, 3.05) is 25.6 Å². The summed E-state index contributed by atoms with van der Waals surface area (Å²) in [5, 5.41) is 3.76. The van der Waals surface area contributed by atoms with Crippen LogP contribution in [0.4, 0.5) is 5.82 Å². The predicted octanol–water partition coefficient (Wildman–Crippen LogP) is 2.39. The van der Waals surface area contributed by atoms with Crippen LogP contribution in [0.2, 0.25) is 0 Å². The molecule has 15 heavy (non-hydrogen) atoms. The maximum atomic E-state index is 5.34. The molecule has 82 valence electrons. The molecule has 0 aliphatic carbocycles. The topological polar surface area (TPSA) is 34.1 Å². The summed E-state index contributed by atoms with van der Waals surface area (Å²) in [5.41, 5.74) is 0. The summed E-state index contributed by atoms with van der Waals surface area (Å²) in [6.45, 7) is 1.81. The van der Waals surface area contributed by atoms with Gasteiger partial charge in [-0.05, 0) is 25.0 Å². The lowest BCUT2D eigenvalue weighted by atomic mass is 10.2. The minimum Gasteiger partial charge on any atom is -0.381 e. The molecule has 1 aromatic rings. The molecule has 0 spiro atoms.